The molecule has 102 valence electrons. The molecule has 2 heterocycles. The van der Waals surface area contributed by atoms with Crippen molar-refractivity contribution in [2.24, 2.45) is 4.99 Å². The number of nitrogens with zero attached hydrogens (tertiary/aromatic N) is 3. The lowest BCUT2D eigenvalue weighted by Gasteiger charge is -2.33. The quantitative estimate of drug-likeness (QED) is 0.847. The molecule has 1 fully saturated rings. The molecule has 1 aliphatic carbocycles. The van der Waals surface area contributed by atoms with Crippen molar-refractivity contribution in [1.29, 1.82) is 0 Å². The Hall–Kier alpha value is -1.03. The van der Waals surface area contributed by atoms with Crippen LogP contribution < -0.4 is 0 Å². The summed E-state index contributed by atoms with van der Waals surface area (Å²) in [4.78, 5) is 11.4. The first-order valence-electron chi connectivity index (χ1n) is 7.26. The SMILES string of the molecule is c1cc(CN(C2=NCCCS2)C2CCCC2)ccn1. The summed E-state index contributed by atoms with van der Waals surface area (Å²) in [6, 6.07) is 4.93. The number of rotatable bonds is 3. The van der Waals surface area contributed by atoms with Crippen LogP contribution in [0, 0.1) is 0 Å². The molecule has 0 N–H and O–H groups in total. The highest BCUT2D eigenvalue weighted by molar-refractivity contribution is 8.13. The van der Waals surface area contributed by atoms with E-state index in [1.54, 1.807) is 0 Å². The molecule has 1 aliphatic heterocycles. The number of hydrogen-bond acceptors (Lipinski definition) is 4. The fourth-order valence-electron chi connectivity index (χ4n) is 2.88. The Balaban J connectivity index is 1.77. The van der Waals surface area contributed by atoms with E-state index in [2.05, 4.69) is 22.0 Å². The van der Waals surface area contributed by atoms with E-state index in [0.717, 1.165) is 13.1 Å². The summed E-state index contributed by atoms with van der Waals surface area (Å²) in [6.45, 7) is 1.99. The highest BCUT2D eigenvalue weighted by Gasteiger charge is 2.26. The Kier molecular flexibility index (Phi) is 4.38. The summed E-state index contributed by atoms with van der Waals surface area (Å²) in [5, 5.41) is 1.27. The molecular formula is C15H21N3S. The standard InChI is InChI=1S/C15H21N3S/c1-2-5-14(4-1)18(15-17-8-3-11-19-15)12-13-6-9-16-10-7-13/h6-7,9-10,14H,1-5,8,11-12H2. The molecule has 1 aromatic heterocycles. The maximum Gasteiger partial charge on any atom is 0.159 e. The molecule has 0 spiro atoms. The number of hydrogen-bond donors (Lipinski definition) is 0. The number of thioether (sulfide) groups is 1. The van der Waals surface area contributed by atoms with Gasteiger partial charge in [0, 0.05) is 37.3 Å². The molecule has 0 bridgehead atoms. The third-order valence-electron chi connectivity index (χ3n) is 3.89. The first-order valence-corrected chi connectivity index (χ1v) is 8.25. The van der Waals surface area contributed by atoms with Crippen LogP contribution in [0.25, 0.3) is 0 Å². The number of aliphatic imine (C=N–C) groups is 1. The van der Waals surface area contributed by atoms with E-state index in [0.29, 0.717) is 6.04 Å². The molecule has 0 unspecified atom stereocenters. The van der Waals surface area contributed by atoms with Gasteiger partial charge in [0.05, 0.1) is 0 Å². The van der Waals surface area contributed by atoms with Gasteiger partial charge in [-0.25, -0.2) is 0 Å². The second-order valence-corrected chi connectivity index (χ2v) is 6.35. The molecule has 4 heteroatoms. The number of amidine groups is 1. The van der Waals surface area contributed by atoms with Crippen LogP contribution in [-0.4, -0.2) is 33.4 Å². The molecule has 1 saturated carbocycles. The van der Waals surface area contributed by atoms with Crippen LogP contribution in [0.4, 0.5) is 0 Å². The average molecular weight is 275 g/mol. The summed E-state index contributed by atoms with van der Waals surface area (Å²) < 4.78 is 0. The maximum absolute atomic E-state index is 4.76. The third kappa shape index (κ3) is 3.30. The van der Waals surface area contributed by atoms with Gasteiger partial charge in [-0.3, -0.25) is 9.98 Å². The Bertz CT molecular complexity index is 426. The highest BCUT2D eigenvalue weighted by Crippen LogP contribution is 2.29. The van der Waals surface area contributed by atoms with E-state index in [9.17, 15) is 0 Å². The molecule has 0 radical (unpaired) electrons. The molecule has 3 nitrogen and oxygen atoms in total. The average Bonchev–Trinajstić information content (AvgIpc) is 3.01. The van der Waals surface area contributed by atoms with Gasteiger partial charge in [-0.05, 0) is 37.0 Å². The number of pyridine rings is 1. The minimum Gasteiger partial charge on any atom is -0.344 e. The molecule has 0 amide bonds. The Labute approximate surface area is 119 Å². The number of aromatic nitrogens is 1. The molecule has 0 aromatic carbocycles. The lowest BCUT2D eigenvalue weighted by Crippen LogP contribution is -2.38. The molecule has 0 atom stereocenters. The molecule has 3 rings (SSSR count). The second kappa shape index (κ2) is 6.42. The van der Waals surface area contributed by atoms with Gasteiger partial charge < -0.3 is 4.90 Å². The van der Waals surface area contributed by atoms with Crippen LogP contribution in [0.1, 0.15) is 37.7 Å². The molecule has 19 heavy (non-hydrogen) atoms. The predicted molar refractivity (Wildman–Crippen MR) is 81.4 cm³/mol. The van der Waals surface area contributed by atoms with Crippen LogP contribution in [0.15, 0.2) is 29.5 Å². The van der Waals surface area contributed by atoms with E-state index in [-0.39, 0.29) is 0 Å². The van der Waals surface area contributed by atoms with Crippen molar-refractivity contribution in [2.45, 2.75) is 44.7 Å². The zero-order valence-electron chi connectivity index (χ0n) is 11.3. The van der Waals surface area contributed by atoms with Gasteiger partial charge in [-0.1, -0.05) is 24.6 Å². The minimum atomic E-state index is 0.692. The first kappa shape index (κ1) is 13.0. The van der Waals surface area contributed by atoms with Crippen LogP contribution >= 0.6 is 11.8 Å². The lowest BCUT2D eigenvalue weighted by molar-refractivity contribution is 0.312. The Morgan fingerprint density at radius 1 is 1.16 bits per heavy atom. The predicted octanol–water partition coefficient (Wildman–Crippen LogP) is 3.32. The third-order valence-corrected chi connectivity index (χ3v) is 5.01. The van der Waals surface area contributed by atoms with Gasteiger partial charge >= 0.3 is 0 Å². The van der Waals surface area contributed by atoms with Gasteiger partial charge in [0.2, 0.25) is 0 Å². The smallest absolute Gasteiger partial charge is 0.159 e. The second-order valence-electron chi connectivity index (χ2n) is 5.29. The van der Waals surface area contributed by atoms with Gasteiger partial charge in [0.25, 0.3) is 0 Å². The summed E-state index contributed by atoms with van der Waals surface area (Å²) >= 11 is 1.94. The van der Waals surface area contributed by atoms with E-state index < -0.39 is 0 Å². The van der Waals surface area contributed by atoms with E-state index in [1.807, 2.05) is 24.2 Å². The lowest BCUT2D eigenvalue weighted by atomic mass is 10.2. The van der Waals surface area contributed by atoms with Crippen molar-refractivity contribution in [3.8, 4) is 0 Å². The summed E-state index contributed by atoms with van der Waals surface area (Å²) in [5.74, 6) is 1.22. The zero-order chi connectivity index (χ0) is 12.9. The van der Waals surface area contributed by atoms with Crippen LogP contribution in [-0.2, 0) is 6.54 Å². The van der Waals surface area contributed by atoms with Gasteiger partial charge in [-0.15, -0.1) is 0 Å². The molecular weight excluding hydrogens is 254 g/mol. The fraction of sp³-hybridized carbons (Fsp3) is 0.600. The zero-order valence-corrected chi connectivity index (χ0v) is 12.1. The van der Waals surface area contributed by atoms with E-state index >= 15 is 0 Å². The van der Waals surface area contributed by atoms with Crippen molar-refractivity contribution < 1.29 is 0 Å². The monoisotopic (exact) mass is 275 g/mol. The van der Waals surface area contributed by atoms with Crippen molar-refractivity contribution in [3.05, 3.63) is 30.1 Å². The van der Waals surface area contributed by atoms with E-state index in [1.165, 1.54) is 48.6 Å². The van der Waals surface area contributed by atoms with Crippen LogP contribution in [0.2, 0.25) is 0 Å². The van der Waals surface area contributed by atoms with Crippen molar-refractivity contribution in [1.82, 2.24) is 9.88 Å². The summed E-state index contributed by atoms with van der Waals surface area (Å²) in [7, 11) is 0. The topological polar surface area (TPSA) is 28.5 Å². The highest BCUT2D eigenvalue weighted by atomic mass is 32.2. The first-order chi connectivity index (χ1) is 9.43. The normalized spacial score (nSPS) is 20.3. The van der Waals surface area contributed by atoms with Crippen LogP contribution in [0.3, 0.4) is 0 Å². The molecule has 1 aromatic rings. The Morgan fingerprint density at radius 3 is 2.63 bits per heavy atom. The molecule has 0 saturated heterocycles. The fourth-order valence-corrected chi connectivity index (χ4v) is 3.89. The molecule has 2 aliphatic rings. The minimum absolute atomic E-state index is 0.692. The van der Waals surface area contributed by atoms with Crippen molar-refractivity contribution in [2.75, 3.05) is 12.3 Å². The van der Waals surface area contributed by atoms with Crippen LogP contribution in [0.5, 0.6) is 0 Å². The van der Waals surface area contributed by atoms with Gasteiger partial charge in [0.15, 0.2) is 5.17 Å². The maximum atomic E-state index is 4.76. The van der Waals surface area contributed by atoms with Gasteiger partial charge in [0.1, 0.15) is 0 Å². The van der Waals surface area contributed by atoms with Crippen molar-refractivity contribution >= 4 is 16.9 Å². The van der Waals surface area contributed by atoms with E-state index in [4.69, 9.17) is 4.99 Å². The Morgan fingerprint density at radius 2 is 1.95 bits per heavy atom. The summed E-state index contributed by atoms with van der Waals surface area (Å²) in [6.07, 6.45) is 10.4. The van der Waals surface area contributed by atoms with Crippen molar-refractivity contribution in [3.63, 3.8) is 0 Å². The van der Waals surface area contributed by atoms with Gasteiger partial charge in [-0.2, -0.15) is 0 Å². The summed E-state index contributed by atoms with van der Waals surface area (Å²) in [5.41, 5.74) is 1.34. The largest absolute Gasteiger partial charge is 0.344 e.